The molecular weight excluding hydrogens is 262 g/mol. The molecule has 104 valence electrons. The van der Waals surface area contributed by atoms with Gasteiger partial charge >= 0.3 is 5.97 Å². The van der Waals surface area contributed by atoms with Crippen LogP contribution in [0.15, 0.2) is 17.5 Å². The van der Waals surface area contributed by atoms with Crippen molar-refractivity contribution in [1.82, 2.24) is 4.90 Å². The zero-order valence-corrected chi connectivity index (χ0v) is 11.6. The van der Waals surface area contributed by atoms with Gasteiger partial charge in [0.1, 0.15) is 0 Å². The predicted molar refractivity (Wildman–Crippen MR) is 76.1 cm³/mol. The minimum Gasteiger partial charge on any atom is -0.478 e. The minimum atomic E-state index is -0.917. The summed E-state index contributed by atoms with van der Waals surface area (Å²) in [5.74, 6) is -0.296. The zero-order valence-electron chi connectivity index (χ0n) is 10.8. The summed E-state index contributed by atoms with van der Waals surface area (Å²) in [6.07, 6.45) is 4.85. The molecule has 0 saturated carbocycles. The molecule has 0 aromatic carbocycles. The molecule has 1 aliphatic heterocycles. The van der Waals surface area contributed by atoms with Crippen molar-refractivity contribution in [2.45, 2.75) is 19.4 Å². The first kappa shape index (κ1) is 14.2. The Morgan fingerprint density at radius 3 is 3.16 bits per heavy atom. The standard InChI is InChI=1S/C14H19NO3S/c16-6-4-11-3-5-15(8-11)9-13-7-12(10-19-13)1-2-14(17)18/h1-2,7,10-11,16H,3-6,8-9H2,(H,17,18)/b2-1+. The van der Waals surface area contributed by atoms with Crippen molar-refractivity contribution < 1.29 is 15.0 Å². The van der Waals surface area contributed by atoms with Gasteiger partial charge < -0.3 is 10.2 Å². The number of carbonyl (C=O) groups is 1. The highest BCUT2D eigenvalue weighted by atomic mass is 32.1. The first-order valence-corrected chi connectivity index (χ1v) is 7.37. The highest BCUT2D eigenvalue weighted by molar-refractivity contribution is 7.10. The summed E-state index contributed by atoms with van der Waals surface area (Å²) in [6.45, 7) is 3.34. The molecule has 0 aliphatic carbocycles. The molecule has 1 unspecified atom stereocenters. The van der Waals surface area contributed by atoms with Crippen LogP contribution < -0.4 is 0 Å². The number of aliphatic hydroxyl groups excluding tert-OH is 1. The van der Waals surface area contributed by atoms with Gasteiger partial charge in [0.25, 0.3) is 0 Å². The van der Waals surface area contributed by atoms with E-state index in [-0.39, 0.29) is 6.61 Å². The van der Waals surface area contributed by atoms with Crippen LogP contribution in [0, 0.1) is 5.92 Å². The minimum absolute atomic E-state index is 0.279. The smallest absolute Gasteiger partial charge is 0.328 e. The number of rotatable bonds is 6. The lowest BCUT2D eigenvalue weighted by Crippen LogP contribution is -2.19. The van der Waals surface area contributed by atoms with Gasteiger partial charge in [-0.3, -0.25) is 4.90 Å². The maximum absolute atomic E-state index is 10.4. The van der Waals surface area contributed by atoms with E-state index in [4.69, 9.17) is 10.2 Å². The SMILES string of the molecule is O=C(O)/C=C/c1csc(CN2CCC(CCO)C2)c1. The average Bonchev–Trinajstić information content (AvgIpc) is 2.98. The van der Waals surface area contributed by atoms with Gasteiger partial charge in [0.2, 0.25) is 0 Å². The fourth-order valence-electron chi connectivity index (χ4n) is 2.43. The molecular formula is C14H19NO3S. The third-order valence-electron chi connectivity index (χ3n) is 3.38. The van der Waals surface area contributed by atoms with Crippen molar-refractivity contribution in [3.63, 3.8) is 0 Å². The summed E-state index contributed by atoms with van der Waals surface area (Å²) >= 11 is 1.67. The fraction of sp³-hybridized carbons (Fsp3) is 0.500. The molecule has 5 heteroatoms. The molecule has 1 aromatic rings. The maximum Gasteiger partial charge on any atom is 0.328 e. The largest absolute Gasteiger partial charge is 0.478 e. The summed E-state index contributed by atoms with van der Waals surface area (Å²) < 4.78 is 0. The van der Waals surface area contributed by atoms with Crippen molar-refractivity contribution in [3.05, 3.63) is 28.0 Å². The van der Waals surface area contributed by atoms with Gasteiger partial charge in [-0.25, -0.2) is 4.79 Å². The van der Waals surface area contributed by atoms with E-state index in [1.807, 2.05) is 11.4 Å². The molecule has 1 saturated heterocycles. The van der Waals surface area contributed by atoms with Gasteiger partial charge in [0.15, 0.2) is 0 Å². The average molecular weight is 281 g/mol. The van der Waals surface area contributed by atoms with Crippen LogP contribution in [0.4, 0.5) is 0 Å². The lowest BCUT2D eigenvalue weighted by molar-refractivity contribution is -0.131. The van der Waals surface area contributed by atoms with Gasteiger partial charge in [-0.05, 0) is 48.4 Å². The molecule has 0 amide bonds. The molecule has 1 fully saturated rings. The van der Waals surface area contributed by atoms with Gasteiger partial charge in [0.05, 0.1) is 0 Å². The van der Waals surface area contributed by atoms with Crippen LogP contribution >= 0.6 is 11.3 Å². The van der Waals surface area contributed by atoms with Crippen LogP contribution in [0.3, 0.4) is 0 Å². The van der Waals surface area contributed by atoms with Crippen molar-refractivity contribution in [2.24, 2.45) is 5.92 Å². The molecule has 2 rings (SSSR count). The van der Waals surface area contributed by atoms with E-state index in [9.17, 15) is 4.79 Å². The van der Waals surface area contributed by atoms with E-state index in [2.05, 4.69) is 4.90 Å². The predicted octanol–water partition coefficient (Wildman–Crippen LogP) is 2.05. The molecule has 0 spiro atoms. The van der Waals surface area contributed by atoms with Crippen LogP contribution in [0.5, 0.6) is 0 Å². The van der Waals surface area contributed by atoms with E-state index >= 15 is 0 Å². The van der Waals surface area contributed by atoms with Gasteiger partial charge in [-0.2, -0.15) is 0 Å². The number of aliphatic carboxylic acids is 1. The van der Waals surface area contributed by atoms with Gasteiger partial charge in [-0.1, -0.05) is 0 Å². The molecule has 0 radical (unpaired) electrons. The molecule has 19 heavy (non-hydrogen) atoms. The maximum atomic E-state index is 10.4. The molecule has 2 N–H and O–H groups in total. The number of hydrogen-bond donors (Lipinski definition) is 2. The number of aliphatic hydroxyl groups is 1. The Balaban J connectivity index is 1.85. The Bertz CT molecular complexity index is 455. The second kappa shape index (κ2) is 6.84. The van der Waals surface area contributed by atoms with Crippen molar-refractivity contribution in [3.8, 4) is 0 Å². The van der Waals surface area contributed by atoms with Crippen molar-refractivity contribution in [2.75, 3.05) is 19.7 Å². The lowest BCUT2D eigenvalue weighted by Gasteiger charge is -2.14. The lowest BCUT2D eigenvalue weighted by atomic mass is 10.1. The Kier molecular flexibility index (Phi) is 5.13. The first-order chi connectivity index (χ1) is 9.17. The second-order valence-corrected chi connectivity index (χ2v) is 5.92. The van der Waals surface area contributed by atoms with Crippen LogP contribution in [-0.4, -0.2) is 40.8 Å². The first-order valence-electron chi connectivity index (χ1n) is 6.49. The number of thiophene rings is 1. The summed E-state index contributed by atoms with van der Waals surface area (Å²) in [4.78, 5) is 14.1. The molecule has 0 bridgehead atoms. The van der Waals surface area contributed by atoms with Gasteiger partial charge in [0, 0.05) is 30.6 Å². The van der Waals surface area contributed by atoms with Crippen LogP contribution in [-0.2, 0) is 11.3 Å². The van der Waals surface area contributed by atoms with E-state index in [0.717, 1.165) is 38.0 Å². The number of carboxylic acids is 1. The van der Waals surface area contributed by atoms with E-state index in [1.54, 1.807) is 17.4 Å². The van der Waals surface area contributed by atoms with Crippen LogP contribution in [0.2, 0.25) is 0 Å². The molecule has 2 heterocycles. The molecule has 1 aromatic heterocycles. The highest BCUT2D eigenvalue weighted by Crippen LogP contribution is 2.24. The number of hydrogen-bond acceptors (Lipinski definition) is 4. The summed E-state index contributed by atoms with van der Waals surface area (Å²) in [6, 6.07) is 2.05. The van der Waals surface area contributed by atoms with Crippen molar-refractivity contribution in [1.29, 1.82) is 0 Å². The fourth-order valence-corrected chi connectivity index (χ4v) is 3.33. The summed E-state index contributed by atoms with van der Waals surface area (Å²) in [5, 5.41) is 19.5. The summed E-state index contributed by atoms with van der Waals surface area (Å²) in [5.41, 5.74) is 0.952. The zero-order chi connectivity index (χ0) is 13.7. The number of carboxylic acid groups (broad SMARTS) is 1. The third-order valence-corrected chi connectivity index (χ3v) is 4.32. The van der Waals surface area contributed by atoms with Crippen molar-refractivity contribution >= 4 is 23.4 Å². The number of likely N-dealkylation sites (tertiary alicyclic amines) is 1. The van der Waals surface area contributed by atoms with E-state index in [1.165, 1.54) is 11.0 Å². The van der Waals surface area contributed by atoms with Crippen LogP contribution in [0.25, 0.3) is 6.08 Å². The Morgan fingerprint density at radius 2 is 2.42 bits per heavy atom. The van der Waals surface area contributed by atoms with E-state index < -0.39 is 5.97 Å². The summed E-state index contributed by atoms with van der Waals surface area (Å²) in [7, 11) is 0. The Hall–Kier alpha value is -1.17. The third kappa shape index (κ3) is 4.45. The highest BCUT2D eigenvalue weighted by Gasteiger charge is 2.22. The molecule has 4 nitrogen and oxygen atoms in total. The normalized spacial score (nSPS) is 20.4. The van der Waals surface area contributed by atoms with Gasteiger partial charge in [-0.15, -0.1) is 11.3 Å². The quantitative estimate of drug-likeness (QED) is 0.784. The number of nitrogens with zero attached hydrogens (tertiary/aromatic N) is 1. The van der Waals surface area contributed by atoms with E-state index in [0.29, 0.717) is 5.92 Å². The second-order valence-electron chi connectivity index (χ2n) is 4.92. The Morgan fingerprint density at radius 1 is 1.58 bits per heavy atom. The topological polar surface area (TPSA) is 60.8 Å². The molecule has 1 atom stereocenters. The molecule has 1 aliphatic rings. The van der Waals surface area contributed by atoms with Crippen LogP contribution in [0.1, 0.15) is 23.3 Å². The monoisotopic (exact) mass is 281 g/mol. The Labute approximate surface area is 117 Å².